The smallest absolute Gasteiger partial charge is 0.490 e. The lowest BCUT2D eigenvalue weighted by Crippen LogP contribution is -2.58. The second kappa shape index (κ2) is 8.98. The Morgan fingerprint density at radius 2 is 1.86 bits per heavy atom. The Morgan fingerprint density at radius 3 is 2.51 bits per heavy atom. The van der Waals surface area contributed by atoms with Crippen LogP contribution in [-0.4, -0.2) is 35.6 Å². The number of alkyl halides is 3. The average Bonchev–Trinajstić information content (AvgIpc) is 3.55. The largest absolute Gasteiger partial charge is 0.573 e. The van der Waals surface area contributed by atoms with Gasteiger partial charge in [0.25, 0.3) is 0 Å². The van der Waals surface area contributed by atoms with Gasteiger partial charge in [0.05, 0.1) is 17.6 Å². The van der Waals surface area contributed by atoms with Gasteiger partial charge in [-0.1, -0.05) is 12.1 Å². The first-order valence-electron chi connectivity index (χ1n) is 11.7. The summed E-state index contributed by atoms with van der Waals surface area (Å²) in [7, 11) is 0. The number of carboxylic acid groups (broad SMARTS) is 1. The van der Waals surface area contributed by atoms with Gasteiger partial charge in [0.2, 0.25) is 0 Å². The topological polar surface area (TPSA) is 79.8 Å². The molecule has 2 aromatic carbocycles. The highest BCUT2D eigenvalue weighted by molar-refractivity contribution is 5.72. The van der Waals surface area contributed by atoms with Gasteiger partial charge in [-0.2, -0.15) is 0 Å². The summed E-state index contributed by atoms with van der Waals surface area (Å²) in [5.74, 6) is -1.72. The van der Waals surface area contributed by atoms with E-state index in [1.54, 1.807) is 12.1 Å². The maximum Gasteiger partial charge on any atom is 0.573 e. The first-order valence-corrected chi connectivity index (χ1v) is 11.7. The van der Waals surface area contributed by atoms with E-state index in [4.69, 9.17) is 4.74 Å². The fraction of sp³-hybridized carbons (Fsp3) is 0.480. The lowest BCUT2D eigenvalue weighted by atomic mass is 9.78. The van der Waals surface area contributed by atoms with Crippen LogP contribution in [-0.2, 0) is 16.9 Å². The number of fused-ring (bicyclic) bond motifs is 2. The van der Waals surface area contributed by atoms with Crippen molar-refractivity contribution >= 4 is 5.97 Å². The van der Waals surface area contributed by atoms with Crippen LogP contribution in [0.15, 0.2) is 42.5 Å². The summed E-state index contributed by atoms with van der Waals surface area (Å²) < 4.78 is 62.0. The van der Waals surface area contributed by atoms with Gasteiger partial charge >= 0.3 is 12.3 Å². The van der Waals surface area contributed by atoms with Crippen molar-refractivity contribution in [2.45, 2.75) is 68.7 Å². The quantitative estimate of drug-likeness (QED) is 0.470. The molecule has 2 aromatic rings. The van der Waals surface area contributed by atoms with Crippen LogP contribution >= 0.6 is 0 Å². The summed E-state index contributed by atoms with van der Waals surface area (Å²) in [6.07, 6.45) is -1.38. The Bertz CT molecular complexity index is 1090. The fourth-order valence-electron chi connectivity index (χ4n) is 5.38. The molecular weight excluding hydrogens is 468 g/mol. The molecular formula is C25H26F4N2O4. The monoisotopic (exact) mass is 494 g/mol. The van der Waals surface area contributed by atoms with Gasteiger partial charge in [-0.05, 0) is 68.0 Å². The van der Waals surface area contributed by atoms with Crippen LogP contribution in [0.25, 0.3) is 0 Å². The molecule has 2 heterocycles. The summed E-state index contributed by atoms with van der Waals surface area (Å²) in [6, 6.07) is 9.58. The second-order valence-electron chi connectivity index (χ2n) is 9.52. The third kappa shape index (κ3) is 5.08. The molecule has 0 amide bonds. The van der Waals surface area contributed by atoms with Crippen LogP contribution in [0.5, 0.6) is 11.5 Å². The molecule has 1 aliphatic carbocycles. The van der Waals surface area contributed by atoms with Crippen LogP contribution in [0.1, 0.15) is 43.2 Å². The molecule has 5 rings (SSSR count). The van der Waals surface area contributed by atoms with Crippen molar-refractivity contribution < 1.29 is 36.9 Å². The van der Waals surface area contributed by atoms with Crippen molar-refractivity contribution in [2.75, 3.05) is 0 Å². The van der Waals surface area contributed by atoms with Crippen LogP contribution in [0.3, 0.4) is 0 Å². The molecule has 10 heteroatoms. The van der Waals surface area contributed by atoms with Crippen molar-refractivity contribution in [3.05, 3.63) is 59.4 Å². The maximum absolute atomic E-state index is 13.6. The highest BCUT2D eigenvalue weighted by atomic mass is 19.4. The highest BCUT2D eigenvalue weighted by Gasteiger charge is 2.55. The van der Waals surface area contributed by atoms with Gasteiger partial charge in [-0.25, -0.2) is 4.39 Å². The zero-order valence-electron chi connectivity index (χ0n) is 18.8. The molecule has 0 aromatic heterocycles. The van der Waals surface area contributed by atoms with Gasteiger partial charge in [-0.15, -0.1) is 13.2 Å². The van der Waals surface area contributed by atoms with E-state index in [2.05, 4.69) is 15.4 Å². The Morgan fingerprint density at radius 1 is 1.11 bits per heavy atom. The standard InChI is InChI=1S/C25H26F4N2O4/c26-16-3-1-15(2-4-16)24-12-19(23(32)33)20(31-24)8-10-22(24)30-13-14-11-18(35-25(27,28)29)7-9-21(14)34-17-5-6-17/h1-4,7,9,11,17,19-20,22,30-31H,5-6,8,10,12-13H2,(H,32,33). The Balaban J connectivity index is 1.42. The first-order chi connectivity index (χ1) is 16.6. The molecule has 2 saturated heterocycles. The van der Waals surface area contributed by atoms with E-state index in [-0.39, 0.29) is 30.5 Å². The molecule has 0 radical (unpaired) electrons. The fourth-order valence-corrected chi connectivity index (χ4v) is 5.38. The van der Waals surface area contributed by atoms with Crippen molar-refractivity contribution in [1.29, 1.82) is 0 Å². The van der Waals surface area contributed by atoms with Gasteiger partial charge < -0.3 is 25.2 Å². The summed E-state index contributed by atoms with van der Waals surface area (Å²) in [4.78, 5) is 11.9. The molecule has 2 aliphatic heterocycles. The average molecular weight is 494 g/mol. The lowest BCUT2D eigenvalue weighted by molar-refractivity contribution is -0.274. The molecule has 3 N–H and O–H groups in total. The second-order valence-corrected chi connectivity index (χ2v) is 9.52. The van der Waals surface area contributed by atoms with Crippen LogP contribution < -0.4 is 20.1 Å². The Labute approximate surface area is 199 Å². The molecule has 0 spiro atoms. The van der Waals surface area contributed by atoms with Crippen molar-refractivity contribution in [3.63, 3.8) is 0 Å². The van der Waals surface area contributed by atoms with E-state index in [1.807, 2.05) is 0 Å². The Hall–Kier alpha value is -2.85. The minimum absolute atomic E-state index is 0.0527. The van der Waals surface area contributed by atoms with Gasteiger partial charge in [0.15, 0.2) is 0 Å². The molecule has 1 saturated carbocycles. The normalized spacial score (nSPS) is 28.1. The number of piperidine rings is 1. The highest BCUT2D eigenvalue weighted by Crippen LogP contribution is 2.46. The number of benzene rings is 2. The summed E-state index contributed by atoms with van der Waals surface area (Å²) in [5.41, 5.74) is 0.536. The molecule has 35 heavy (non-hydrogen) atoms. The molecule has 3 aliphatic rings. The third-order valence-corrected chi connectivity index (χ3v) is 7.13. The lowest BCUT2D eigenvalue weighted by Gasteiger charge is -2.43. The number of aliphatic carboxylic acids is 1. The summed E-state index contributed by atoms with van der Waals surface area (Å²) in [6.45, 7) is 0.189. The molecule has 2 bridgehead atoms. The molecule has 188 valence electrons. The van der Waals surface area contributed by atoms with Crippen molar-refractivity contribution in [2.24, 2.45) is 5.92 Å². The number of halogens is 4. The van der Waals surface area contributed by atoms with Gasteiger partial charge in [0, 0.05) is 24.2 Å². The predicted molar refractivity (Wildman–Crippen MR) is 117 cm³/mol. The maximum atomic E-state index is 13.6. The van der Waals surface area contributed by atoms with Gasteiger partial charge in [-0.3, -0.25) is 4.79 Å². The molecule has 3 fully saturated rings. The van der Waals surface area contributed by atoms with Crippen LogP contribution in [0.2, 0.25) is 0 Å². The number of hydrogen-bond acceptors (Lipinski definition) is 5. The van der Waals surface area contributed by atoms with Crippen molar-refractivity contribution in [1.82, 2.24) is 10.6 Å². The SMILES string of the molecule is O=C(O)C1CC2(c3ccc(F)cc3)NC1CCC2NCc1cc(OC(F)(F)F)ccc1OC1CC1. The van der Waals surface area contributed by atoms with Crippen molar-refractivity contribution in [3.8, 4) is 11.5 Å². The minimum atomic E-state index is -4.81. The molecule has 4 unspecified atom stereocenters. The number of ether oxygens (including phenoxy) is 2. The number of carboxylic acids is 1. The van der Waals surface area contributed by atoms with Crippen LogP contribution in [0, 0.1) is 11.7 Å². The zero-order valence-corrected chi connectivity index (χ0v) is 18.8. The van der Waals surface area contributed by atoms with Gasteiger partial charge in [0.1, 0.15) is 17.3 Å². The predicted octanol–water partition coefficient (Wildman–Crippen LogP) is 4.48. The first kappa shape index (κ1) is 23.9. The summed E-state index contributed by atoms with van der Waals surface area (Å²) >= 11 is 0. The number of hydrogen-bond donors (Lipinski definition) is 3. The zero-order chi connectivity index (χ0) is 24.8. The van der Waals surface area contributed by atoms with E-state index >= 15 is 0 Å². The molecule has 4 atom stereocenters. The van der Waals surface area contributed by atoms with E-state index in [0.717, 1.165) is 18.4 Å². The number of rotatable bonds is 8. The third-order valence-electron chi connectivity index (χ3n) is 7.13. The van der Waals surface area contributed by atoms with Crippen LogP contribution in [0.4, 0.5) is 17.6 Å². The number of carbonyl (C=O) groups is 1. The number of nitrogens with one attached hydrogen (secondary N) is 2. The van der Waals surface area contributed by atoms with E-state index in [1.165, 1.54) is 30.3 Å². The summed E-state index contributed by atoms with van der Waals surface area (Å²) in [5, 5.41) is 16.7. The minimum Gasteiger partial charge on any atom is -0.490 e. The Kier molecular flexibility index (Phi) is 6.13. The molecule has 6 nitrogen and oxygen atoms in total. The van der Waals surface area contributed by atoms with E-state index in [0.29, 0.717) is 30.6 Å². The van der Waals surface area contributed by atoms with E-state index < -0.39 is 29.6 Å². The van der Waals surface area contributed by atoms with E-state index in [9.17, 15) is 27.5 Å².